The van der Waals surface area contributed by atoms with Gasteiger partial charge >= 0.3 is 11.9 Å². The normalized spacial score (nSPS) is 20.1. The molecular weight excluding hydrogens is 220 g/mol. The fourth-order valence-electron chi connectivity index (χ4n) is 2.07. The lowest BCUT2D eigenvalue weighted by Gasteiger charge is -2.21. The van der Waals surface area contributed by atoms with Crippen molar-refractivity contribution in [1.29, 1.82) is 0 Å². The van der Waals surface area contributed by atoms with E-state index in [1.807, 2.05) is 0 Å². The molecule has 0 atom stereocenters. The number of carbonyl (C=O) groups excluding carboxylic acids is 2. The molecule has 92 valence electrons. The molecule has 1 aliphatic rings. The maximum Gasteiger partial charge on any atom is 0.323 e. The van der Waals surface area contributed by atoms with Crippen molar-refractivity contribution in [2.45, 2.75) is 12.8 Å². The third kappa shape index (κ3) is 2.16. The van der Waals surface area contributed by atoms with E-state index in [-0.39, 0.29) is 12.8 Å². The molecule has 0 saturated heterocycles. The Balaban J connectivity index is 3.17. The Labute approximate surface area is 101 Å². The minimum Gasteiger partial charge on any atom is -0.468 e. The monoisotopic (exact) mass is 236 g/mol. The Morgan fingerprint density at radius 1 is 1.24 bits per heavy atom. The van der Waals surface area contributed by atoms with E-state index in [0.29, 0.717) is 0 Å². The highest BCUT2D eigenvalue weighted by Crippen LogP contribution is 2.46. The number of ether oxygens (including phenoxy) is 2. The summed E-state index contributed by atoms with van der Waals surface area (Å²) in [5.74, 6) is -1.17. The Bertz CT molecular complexity index is 388. The smallest absolute Gasteiger partial charge is 0.323 e. The summed E-state index contributed by atoms with van der Waals surface area (Å²) in [4.78, 5) is 23.6. The van der Waals surface area contributed by atoms with Crippen LogP contribution in [0.1, 0.15) is 12.8 Å². The van der Waals surface area contributed by atoms with Crippen LogP contribution in [-0.2, 0) is 19.1 Å². The fraction of sp³-hybridized carbons (Fsp3) is 0.385. The predicted octanol–water partition coefficient (Wildman–Crippen LogP) is 1.78. The van der Waals surface area contributed by atoms with Crippen LogP contribution in [0.25, 0.3) is 0 Å². The molecule has 0 radical (unpaired) electrons. The molecule has 0 heterocycles. The topological polar surface area (TPSA) is 52.6 Å². The third-order valence-corrected chi connectivity index (χ3v) is 2.93. The molecule has 0 aromatic carbocycles. The van der Waals surface area contributed by atoms with Gasteiger partial charge in [-0.3, -0.25) is 9.59 Å². The van der Waals surface area contributed by atoms with E-state index >= 15 is 0 Å². The molecule has 0 aliphatic heterocycles. The number of hydrogen-bond acceptors (Lipinski definition) is 4. The van der Waals surface area contributed by atoms with Gasteiger partial charge in [0, 0.05) is 0 Å². The molecule has 1 rings (SSSR count). The molecule has 0 amide bonds. The number of esters is 2. The van der Waals surface area contributed by atoms with Crippen molar-refractivity contribution < 1.29 is 19.1 Å². The maximum absolute atomic E-state index is 11.8. The van der Waals surface area contributed by atoms with Crippen molar-refractivity contribution in [3.8, 4) is 0 Å². The molecular formula is C13H16O4. The summed E-state index contributed by atoms with van der Waals surface area (Å²) in [7, 11) is 2.51. The van der Waals surface area contributed by atoms with E-state index in [4.69, 9.17) is 9.47 Å². The summed E-state index contributed by atoms with van der Waals surface area (Å²) in [6, 6.07) is 0. The van der Waals surface area contributed by atoms with Gasteiger partial charge in [0.05, 0.1) is 14.2 Å². The summed E-state index contributed by atoms with van der Waals surface area (Å²) < 4.78 is 9.40. The van der Waals surface area contributed by atoms with Crippen LogP contribution in [0.2, 0.25) is 0 Å². The number of carbonyl (C=O) groups is 2. The minimum atomic E-state index is -1.28. The van der Waals surface area contributed by atoms with Crippen LogP contribution in [0.3, 0.4) is 0 Å². The molecule has 1 aliphatic carbocycles. The van der Waals surface area contributed by atoms with Gasteiger partial charge in [-0.25, -0.2) is 0 Å². The minimum absolute atomic E-state index is 0.228. The Hall–Kier alpha value is -1.84. The quantitative estimate of drug-likeness (QED) is 0.553. The molecule has 0 unspecified atom stereocenters. The first-order valence-corrected chi connectivity index (χ1v) is 5.18. The zero-order valence-electron chi connectivity index (χ0n) is 10.1. The van der Waals surface area contributed by atoms with Crippen molar-refractivity contribution in [1.82, 2.24) is 0 Å². The number of methoxy groups -OCH3 is 2. The lowest BCUT2D eigenvalue weighted by molar-refractivity contribution is -0.168. The summed E-state index contributed by atoms with van der Waals surface area (Å²) in [5.41, 5.74) is 0.284. The van der Waals surface area contributed by atoms with Crippen LogP contribution in [0.15, 0.2) is 36.5 Å². The molecule has 17 heavy (non-hydrogen) atoms. The Morgan fingerprint density at radius 3 is 2.18 bits per heavy atom. The standard InChI is InChI=1S/C13H16O4/c1-5-6-10-8-13(7-9(10)2,11(14)16-3)12(15)17-4/h5-6H,1-2,7-8H2,3-4H3/b10-6-. The molecule has 0 N–H and O–H groups in total. The summed E-state index contributed by atoms with van der Waals surface area (Å²) >= 11 is 0. The molecule has 4 nitrogen and oxygen atoms in total. The molecule has 1 fully saturated rings. The van der Waals surface area contributed by atoms with Gasteiger partial charge in [0.25, 0.3) is 0 Å². The van der Waals surface area contributed by atoms with Gasteiger partial charge in [0.15, 0.2) is 5.41 Å². The average molecular weight is 236 g/mol. The van der Waals surface area contributed by atoms with Gasteiger partial charge in [-0.05, 0) is 18.4 Å². The van der Waals surface area contributed by atoms with Crippen molar-refractivity contribution in [2.24, 2.45) is 5.41 Å². The highest BCUT2D eigenvalue weighted by atomic mass is 16.5. The fourth-order valence-corrected chi connectivity index (χ4v) is 2.07. The first kappa shape index (κ1) is 13.2. The van der Waals surface area contributed by atoms with Crippen LogP contribution in [0.4, 0.5) is 0 Å². The summed E-state index contributed by atoms with van der Waals surface area (Å²) in [5, 5.41) is 0. The largest absolute Gasteiger partial charge is 0.468 e. The lowest BCUT2D eigenvalue weighted by Crippen LogP contribution is -2.38. The first-order valence-electron chi connectivity index (χ1n) is 5.18. The predicted molar refractivity (Wildman–Crippen MR) is 63.1 cm³/mol. The van der Waals surface area contributed by atoms with Crippen LogP contribution in [0.5, 0.6) is 0 Å². The molecule has 0 spiro atoms. The van der Waals surface area contributed by atoms with E-state index < -0.39 is 17.4 Å². The van der Waals surface area contributed by atoms with E-state index in [1.54, 1.807) is 12.2 Å². The zero-order chi connectivity index (χ0) is 13.1. The summed E-state index contributed by atoms with van der Waals surface area (Å²) in [6.07, 6.45) is 3.82. The van der Waals surface area contributed by atoms with Gasteiger partial charge in [0.2, 0.25) is 0 Å². The average Bonchev–Trinajstić information content (AvgIpc) is 2.66. The number of rotatable bonds is 3. The van der Waals surface area contributed by atoms with Crippen molar-refractivity contribution in [3.63, 3.8) is 0 Å². The van der Waals surface area contributed by atoms with E-state index in [2.05, 4.69) is 13.2 Å². The maximum atomic E-state index is 11.8. The van der Waals surface area contributed by atoms with Gasteiger partial charge in [-0.1, -0.05) is 30.9 Å². The van der Waals surface area contributed by atoms with Gasteiger partial charge in [-0.2, -0.15) is 0 Å². The van der Waals surface area contributed by atoms with Crippen LogP contribution >= 0.6 is 0 Å². The second-order valence-electron chi connectivity index (χ2n) is 3.95. The summed E-state index contributed by atoms with van der Waals surface area (Å²) in [6.45, 7) is 7.44. The van der Waals surface area contributed by atoms with Crippen LogP contribution in [-0.4, -0.2) is 26.2 Å². The van der Waals surface area contributed by atoms with Gasteiger partial charge in [0.1, 0.15) is 0 Å². The van der Waals surface area contributed by atoms with Crippen molar-refractivity contribution in [3.05, 3.63) is 36.5 Å². The zero-order valence-corrected chi connectivity index (χ0v) is 10.1. The van der Waals surface area contributed by atoms with Crippen molar-refractivity contribution in [2.75, 3.05) is 14.2 Å². The van der Waals surface area contributed by atoms with Gasteiger partial charge < -0.3 is 9.47 Å². The molecule has 0 aromatic heterocycles. The Kier molecular flexibility index (Phi) is 3.89. The van der Waals surface area contributed by atoms with Gasteiger partial charge in [-0.15, -0.1) is 0 Å². The SMILES string of the molecule is C=C/C=C1/CC(C(=O)OC)(C(=O)OC)CC1=C. The Morgan fingerprint density at radius 2 is 1.76 bits per heavy atom. The molecule has 0 bridgehead atoms. The highest BCUT2D eigenvalue weighted by Gasteiger charge is 2.53. The van der Waals surface area contributed by atoms with Crippen LogP contribution < -0.4 is 0 Å². The van der Waals surface area contributed by atoms with Crippen LogP contribution in [0, 0.1) is 5.41 Å². The second-order valence-corrected chi connectivity index (χ2v) is 3.95. The molecule has 4 heteroatoms. The van der Waals surface area contributed by atoms with E-state index in [1.165, 1.54) is 14.2 Å². The first-order chi connectivity index (χ1) is 8.01. The number of hydrogen-bond donors (Lipinski definition) is 0. The van der Waals surface area contributed by atoms with E-state index in [0.717, 1.165) is 11.1 Å². The second kappa shape index (κ2) is 4.99. The molecule has 1 saturated carbocycles. The third-order valence-electron chi connectivity index (χ3n) is 2.93. The number of allylic oxidation sites excluding steroid dienone is 4. The lowest BCUT2D eigenvalue weighted by atomic mass is 9.86. The van der Waals surface area contributed by atoms with Crippen molar-refractivity contribution >= 4 is 11.9 Å². The van der Waals surface area contributed by atoms with E-state index in [9.17, 15) is 9.59 Å². The highest BCUT2D eigenvalue weighted by molar-refractivity contribution is 6.01. The molecule has 0 aromatic rings.